The third kappa shape index (κ3) is 2.31. The zero-order valence-corrected chi connectivity index (χ0v) is 10.8. The quantitative estimate of drug-likeness (QED) is 0.927. The lowest BCUT2D eigenvalue weighted by atomic mass is 10.0. The van der Waals surface area contributed by atoms with Gasteiger partial charge in [-0.05, 0) is 25.1 Å². The number of aliphatic hydroxyl groups excluding tert-OH is 1. The van der Waals surface area contributed by atoms with Crippen LogP contribution in [0, 0.1) is 18.6 Å². The first kappa shape index (κ1) is 13.5. The number of ether oxygens (including phenoxy) is 1. The van der Waals surface area contributed by atoms with Crippen LogP contribution in [0.1, 0.15) is 22.9 Å². The predicted octanol–water partition coefficient (Wildman–Crippen LogP) is 2.10. The van der Waals surface area contributed by atoms with Gasteiger partial charge >= 0.3 is 0 Å². The number of hydrogen-bond acceptors (Lipinski definition) is 3. The van der Waals surface area contributed by atoms with Gasteiger partial charge in [0.1, 0.15) is 17.7 Å². The van der Waals surface area contributed by atoms with E-state index in [0.29, 0.717) is 17.1 Å². The molecule has 0 bridgehead atoms. The van der Waals surface area contributed by atoms with Gasteiger partial charge in [0.05, 0.1) is 18.4 Å². The lowest BCUT2D eigenvalue weighted by Gasteiger charge is -2.13. The maximum absolute atomic E-state index is 13.7. The highest BCUT2D eigenvalue weighted by Gasteiger charge is 2.25. The minimum absolute atomic E-state index is 0.144. The second-order valence-electron chi connectivity index (χ2n) is 4.20. The molecule has 0 fully saturated rings. The maximum atomic E-state index is 13.7. The molecule has 0 amide bonds. The van der Waals surface area contributed by atoms with Gasteiger partial charge in [-0.15, -0.1) is 0 Å². The Balaban J connectivity index is 2.55. The first-order chi connectivity index (χ1) is 8.95. The molecule has 1 N–H and O–H groups in total. The highest BCUT2D eigenvalue weighted by Crippen LogP contribution is 2.33. The van der Waals surface area contributed by atoms with Crippen LogP contribution in [-0.4, -0.2) is 22.0 Å². The van der Waals surface area contributed by atoms with Crippen LogP contribution in [0.15, 0.2) is 18.2 Å². The zero-order valence-electron chi connectivity index (χ0n) is 10.8. The maximum Gasteiger partial charge on any atom is 0.217 e. The molecule has 19 heavy (non-hydrogen) atoms. The van der Waals surface area contributed by atoms with E-state index in [-0.39, 0.29) is 5.56 Å². The number of nitrogens with zero attached hydrogens (tertiary/aromatic N) is 2. The third-order valence-electron chi connectivity index (χ3n) is 2.93. The van der Waals surface area contributed by atoms with Gasteiger partial charge in [-0.3, -0.25) is 0 Å². The van der Waals surface area contributed by atoms with Crippen molar-refractivity contribution in [2.45, 2.75) is 13.0 Å². The summed E-state index contributed by atoms with van der Waals surface area (Å²) in [5.74, 6) is -0.983. The number of hydrogen-bond donors (Lipinski definition) is 1. The van der Waals surface area contributed by atoms with E-state index in [1.165, 1.54) is 11.8 Å². The van der Waals surface area contributed by atoms with Crippen LogP contribution in [-0.2, 0) is 7.05 Å². The Morgan fingerprint density at radius 2 is 2.05 bits per heavy atom. The van der Waals surface area contributed by atoms with Crippen LogP contribution in [0.5, 0.6) is 5.88 Å². The summed E-state index contributed by atoms with van der Waals surface area (Å²) in [5, 5.41) is 14.4. The molecule has 1 atom stereocenters. The Morgan fingerprint density at radius 3 is 2.68 bits per heavy atom. The molecule has 0 radical (unpaired) electrons. The fourth-order valence-corrected chi connectivity index (χ4v) is 2.09. The lowest BCUT2D eigenvalue weighted by molar-refractivity contribution is 0.207. The van der Waals surface area contributed by atoms with Gasteiger partial charge in [0.25, 0.3) is 0 Å². The monoisotopic (exact) mass is 268 g/mol. The molecule has 1 heterocycles. The number of aryl methyl sites for hydroxylation is 2. The summed E-state index contributed by atoms with van der Waals surface area (Å²) in [6.45, 7) is 1.66. The van der Waals surface area contributed by atoms with Crippen LogP contribution >= 0.6 is 0 Å². The molecule has 2 aromatic rings. The Kier molecular flexibility index (Phi) is 3.53. The summed E-state index contributed by atoms with van der Waals surface area (Å²) in [6.07, 6.45) is -1.33. The molecule has 1 unspecified atom stereocenters. The van der Waals surface area contributed by atoms with Crippen LogP contribution in [0.25, 0.3) is 0 Å². The minimum Gasteiger partial charge on any atom is -0.481 e. The van der Waals surface area contributed by atoms with Crippen molar-refractivity contribution >= 4 is 0 Å². The molecule has 102 valence electrons. The molecule has 0 aliphatic rings. The molecule has 0 spiro atoms. The highest BCUT2D eigenvalue weighted by atomic mass is 19.1. The van der Waals surface area contributed by atoms with Crippen LogP contribution in [0.4, 0.5) is 8.78 Å². The molecule has 2 rings (SSSR count). The minimum atomic E-state index is -1.33. The molecule has 4 nitrogen and oxygen atoms in total. The Morgan fingerprint density at radius 1 is 1.37 bits per heavy atom. The summed E-state index contributed by atoms with van der Waals surface area (Å²) in [4.78, 5) is 0. The Hall–Kier alpha value is -1.95. The smallest absolute Gasteiger partial charge is 0.217 e. The lowest BCUT2D eigenvalue weighted by Crippen LogP contribution is -2.06. The number of benzene rings is 1. The van der Waals surface area contributed by atoms with Crippen molar-refractivity contribution in [2.75, 3.05) is 7.11 Å². The van der Waals surface area contributed by atoms with Crippen LogP contribution < -0.4 is 4.74 Å². The van der Waals surface area contributed by atoms with Gasteiger partial charge in [0.15, 0.2) is 0 Å². The number of aliphatic hydroxyl groups is 1. The first-order valence-electron chi connectivity index (χ1n) is 5.66. The predicted molar refractivity (Wildman–Crippen MR) is 64.9 cm³/mol. The highest BCUT2D eigenvalue weighted by molar-refractivity contribution is 5.40. The Labute approximate surface area is 109 Å². The topological polar surface area (TPSA) is 47.3 Å². The fraction of sp³-hybridized carbons (Fsp3) is 0.308. The third-order valence-corrected chi connectivity index (χ3v) is 2.93. The molecular formula is C13H14F2N2O2. The van der Waals surface area contributed by atoms with Gasteiger partial charge in [0, 0.05) is 12.6 Å². The molecule has 1 aromatic carbocycles. The molecule has 0 aliphatic heterocycles. The van der Waals surface area contributed by atoms with Crippen LogP contribution in [0.2, 0.25) is 0 Å². The van der Waals surface area contributed by atoms with Crippen molar-refractivity contribution in [1.29, 1.82) is 0 Å². The standard InChI is InChI=1S/C13H14F2N2O2/c1-7-11(13(19-3)17(2)16-7)12(18)9-6-8(14)4-5-10(9)15/h4-6,12,18H,1-3H3. The number of aromatic nitrogens is 2. The van der Waals surface area contributed by atoms with E-state index in [1.54, 1.807) is 14.0 Å². The molecular weight excluding hydrogens is 254 g/mol. The van der Waals surface area contributed by atoms with Crippen molar-refractivity contribution in [1.82, 2.24) is 9.78 Å². The zero-order chi connectivity index (χ0) is 14.2. The van der Waals surface area contributed by atoms with E-state index in [9.17, 15) is 13.9 Å². The summed E-state index contributed by atoms with van der Waals surface area (Å²) < 4.78 is 33.4. The van der Waals surface area contributed by atoms with E-state index in [4.69, 9.17) is 4.74 Å². The summed E-state index contributed by atoms with van der Waals surface area (Å²) in [5.41, 5.74) is 0.680. The first-order valence-corrected chi connectivity index (χ1v) is 5.66. The van der Waals surface area contributed by atoms with E-state index in [1.807, 2.05) is 0 Å². The second kappa shape index (κ2) is 4.97. The van der Waals surface area contributed by atoms with Crippen molar-refractivity contribution in [3.63, 3.8) is 0 Å². The van der Waals surface area contributed by atoms with Crippen molar-refractivity contribution in [3.05, 3.63) is 46.7 Å². The number of methoxy groups -OCH3 is 1. The summed E-state index contributed by atoms with van der Waals surface area (Å²) in [6, 6.07) is 2.94. The second-order valence-corrected chi connectivity index (χ2v) is 4.20. The van der Waals surface area contributed by atoms with Gasteiger partial charge in [-0.25, -0.2) is 13.5 Å². The summed E-state index contributed by atoms with van der Waals surface area (Å²) >= 11 is 0. The van der Waals surface area contributed by atoms with E-state index in [2.05, 4.69) is 5.10 Å². The number of rotatable bonds is 3. The van der Waals surface area contributed by atoms with E-state index >= 15 is 0 Å². The average molecular weight is 268 g/mol. The van der Waals surface area contributed by atoms with Crippen molar-refractivity contribution < 1.29 is 18.6 Å². The molecule has 6 heteroatoms. The fourth-order valence-electron chi connectivity index (χ4n) is 2.09. The van der Waals surface area contributed by atoms with Crippen molar-refractivity contribution in [3.8, 4) is 5.88 Å². The van der Waals surface area contributed by atoms with Gasteiger partial charge in [0.2, 0.25) is 5.88 Å². The average Bonchev–Trinajstić information content (AvgIpc) is 2.65. The molecule has 1 aromatic heterocycles. The normalized spacial score (nSPS) is 12.5. The molecule has 0 aliphatic carbocycles. The Bertz CT molecular complexity index is 611. The van der Waals surface area contributed by atoms with Crippen molar-refractivity contribution in [2.24, 2.45) is 7.05 Å². The van der Waals surface area contributed by atoms with Gasteiger partial charge < -0.3 is 9.84 Å². The van der Waals surface area contributed by atoms with Gasteiger partial charge in [-0.1, -0.05) is 0 Å². The SMILES string of the molecule is COc1c(C(O)c2cc(F)ccc2F)c(C)nn1C. The number of halogens is 2. The van der Waals surface area contributed by atoms with Crippen LogP contribution in [0.3, 0.4) is 0 Å². The molecule has 0 saturated heterocycles. The van der Waals surface area contributed by atoms with Gasteiger partial charge in [-0.2, -0.15) is 5.10 Å². The van der Waals surface area contributed by atoms with E-state index in [0.717, 1.165) is 18.2 Å². The summed E-state index contributed by atoms with van der Waals surface area (Å²) in [7, 11) is 3.07. The van der Waals surface area contributed by atoms with E-state index < -0.39 is 17.7 Å². The largest absolute Gasteiger partial charge is 0.481 e. The molecule has 0 saturated carbocycles.